The second-order valence-electron chi connectivity index (χ2n) is 6.68. The van der Waals surface area contributed by atoms with Crippen molar-refractivity contribution in [3.8, 4) is 0 Å². The van der Waals surface area contributed by atoms with Gasteiger partial charge in [0.25, 0.3) is 0 Å². The molecule has 1 aromatic carbocycles. The summed E-state index contributed by atoms with van der Waals surface area (Å²) in [6.07, 6.45) is 8.91. The predicted octanol–water partition coefficient (Wildman–Crippen LogP) is 4.43. The van der Waals surface area contributed by atoms with Crippen LogP contribution in [0.2, 0.25) is 0 Å². The van der Waals surface area contributed by atoms with Crippen molar-refractivity contribution in [2.45, 2.75) is 52.6 Å². The molecule has 0 radical (unpaired) electrons. The number of hydrogen-bond acceptors (Lipinski definition) is 2. The Labute approximate surface area is 181 Å². The lowest BCUT2D eigenvalue weighted by atomic mass is 9.99. The van der Waals surface area contributed by atoms with Crippen molar-refractivity contribution in [3.05, 3.63) is 54.1 Å². The maximum absolute atomic E-state index is 4.49. The van der Waals surface area contributed by atoms with Crippen molar-refractivity contribution < 1.29 is 0 Å². The highest BCUT2D eigenvalue weighted by atomic mass is 127. The highest BCUT2D eigenvalue weighted by Gasteiger charge is 2.08. The Balaban J connectivity index is 0.00000364. The van der Waals surface area contributed by atoms with Gasteiger partial charge in [-0.1, -0.05) is 63.4 Å². The number of aliphatic imine (C=N–C) groups is 1. The minimum absolute atomic E-state index is 0. The van der Waals surface area contributed by atoms with Crippen LogP contribution in [0.25, 0.3) is 0 Å². The number of hydrogen-bond donors (Lipinski definition) is 2. The largest absolute Gasteiger partial charge is 0.356 e. The molecule has 0 aliphatic heterocycles. The van der Waals surface area contributed by atoms with Crippen molar-refractivity contribution in [1.29, 1.82) is 0 Å². The second-order valence-corrected chi connectivity index (χ2v) is 6.68. The van der Waals surface area contributed by atoms with Crippen molar-refractivity contribution in [2.75, 3.05) is 13.6 Å². The van der Waals surface area contributed by atoms with Crippen LogP contribution < -0.4 is 10.6 Å². The van der Waals surface area contributed by atoms with Crippen LogP contribution in [0.4, 0.5) is 0 Å². The van der Waals surface area contributed by atoms with Crippen molar-refractivity contribution in [3.63, 3.8) is 0 Å². The van der Waals surface area contributed by atoms with Crippen molar-refractivity contribution in [1.82, 2.24) is 20.2 Å². The molecule has 0 amide bonds. The Morgan fingerprint density at radius 2 is 1.96 bits per heavy atom. The molecular formula is C21H34IN5. The van der Waals surface area contributed by atoms with Gasteiger partial charge in [0.1, 0.15) is 5.82 Å². The fraction of sp³-hybridized carbons (Fsp3) is 0.524. The molecule has 0 aliphatic rings. The van der Waals surface area contributed by atoms with Gasteiger partial charge >= 0.3 is 0 Å². The summed E-state index contributed by atoms with van der Waals surface area (Å²) in [5.74, 6) is 2.55. The third-order valence-electron chi connectivity index (χ3n) is 4.74. The summed E-state index contributed by atoms with van der Waals surface area (Å²) in [5.41, 5.74) is 1.27. The first-order chi connectivity index (χ1) is 12.8. The fourth-order valence-electron chi connectivity index (χ4n) is 3.00. The summed E-state index contributed by atoms with van der Waals surface area (Å²) in [5, 5.41) is 6.85. The zero-order valence-electron chi connectivity index (χ0n) is 16.8. The average Bonchev–Trinajstić information content (AvgIpc) is 3.12. The molecule has 2 aromatic rings. The molecule has 6 heteroatoms. The van der Waals surface area contributed by atoms with Gasteiger partial charge in [0, 0.05) is 32.5 Å². The molecule has 27 heavy (non-hydrogen) atoms. The molecule has 1 heterocycles. The maximum atomic E-state index is 4.49. The van der Waals surface area contributed by atoms with Crippen LogP contribution in [0.15, 0.2) is 47.7 Å². The summed E-state index contributed by atoms with van der Waals surface area (Å²) in [7, 11) is 1.82. The number of imidazole rings is 1. The molecule has 1 atom stereocenters. The number of guanidine groups is 1. The van der Waals surface area contributed by atoms with E-state index in [0.29, 0.717) is 12.5 Å². The van der Waals surface area contributed by atoms with E-state index in [1.165, 1.54) is 31.2 Å². The zero-order chi connectivity index (χ0) is 18.6. The molecule has 150 valence electrons. The fourth-order valence-corrected chi connectivity index (χ4v) is 3.00. The number of halogens is 1. The lowest BCUT2D eigenvalue weighted by molar-refractivity contribution is 0.443. The van der Waals surface area contributed by atoms with Gasteiger partial charge in [0.05, 0.1) is 6.54 Å². The summed E-state index contributed by atoms with van der Waals surface area (Å²) < 4.78 is 2.17. The normalized spacial score (nSPS) is 12.3. The number of nitrogens with zero attached hydrogens (tertiary/aromatic N) is 3. The Morgan fingerprint density at radius 3 is 2.63 bits per heavy atom. The zero-order valence-corrected chi connectivity index (χ0v) is 19.1. The van der Waals surface area contributed by atoms with Gasteiger partial charge in [-0.3, -0.25) is 4.99 Å². The van der Waals surface area contributed by atoms with Gasteiger partial charge in [0.15, 0.2) is 5.96 Å². The van der Waals surface area contributed by atoms with Crippen LogP contribution in [0, 0.1) is 5.92 Å². The van der Waals surface area contributed by atoms with Gasteiger partial charge in [-0.05, 0) is 17.9 Å². The van der Waals surface area contributed by atoms with Gasteiger partial charge in [-0.15, -0.1) is 24.0 Å². The minimum atomic E-state index is 0. The number of rotatable bonds is 10. The molecule has 0 spiro atoms. The summed E-state index contributed by atoms with van der Waals surface area (Å²) in [6.45, 7) is 6.97. The standard InChI is InChI=1S/C21H33N5.HI/c1-4-6-10-18(5-2)15-24-21(22-3)25-16-20-23-13-14-26(20)17-19-11-8-7-9-12-19;/h7-9,11-14,18H,4-6,10,15-17H2,1-3H3,(H2,22,24,25);1H. The first kappa shape index (κ1) is 23.5. The number of nitrogens with one attached hydrogen (secondary N) is 2. The van der Waals surface area contributed by atoms with Crippen LogP contribution in [0.5, 0.6) is 0 Å². The molecule has 0 saturated heterocycles. The van der Waals surface area contributed by atoms with Crippen LogP contribution in [0.3, 0.4) is 0 Å². The second kappa shape index (κ2) is 13.6. The van der Waals surface area contributed by atoms with E-state index < -0.39 is 0 Å². The minimum Gasteiger partial charge on any atom is -0.356 e. The molecule has 0 bridgehead atoms. The van der Waals surface area contributed by atoms with E-state index in [2.05, 4.69) is 63.3 Å². The Hall–Kier alpha value is -1.57. The molecule has 0 saturated carbocycles. The van der Waals surface area contributed by atoms with E-state index in [4.69, 9.17) is 0 Å². The molecule has 1 aromatic heterocycles. The molecule has 0 fully saturated rings. The van der Waals surface area contributed by atoms with Gasteiger partial charge < -0.3 is 15.2 Å². The van der Waals surface area contributed by atoms with Crippen molar-refractivity contribution in [2.24, 2.45) is 10.9 Å². The molecule has 1 unspecified atom stereocenters. The third-order valence-corrected chi connectivity index (χ3v) is 4.74. The smallest absolute Gasteiger partial charge is 0.191 e. The van der Waals surface area contributed by atoms with E-state index in [1.54, 1.807) is 0 Å². The monoisotopic (exact) mass is 483 g/mol. The van der Waals surface area contributed by atoms with E-state index in [0.717, 1.165) is 24.9 Å². The van der Waals surface area contributed by atoms with E-state index in [-0.39, 0.29) is 24.0 Å². The van der Waals surface area contributed by atoms with Crippen LogP contribution >= 0.6 is 24.0 Å². The topological polar surface area (TPSA) is 54.2 Å². The number of unbranched alkanes of at least 4 members (excludes halogenated alkanes) is 1. The Bertz CT molecular complexity index is 654. The van der Waals surface area contributed by atoms with Gasteiger partial charge in [-0.25, -0.2) is 4.98 Å². The van der Waals surface area contributed by atoms with Crippen LogP contribution in [-0.4, -0.2) is 29.1 Å². The van der Waals surface area contributed by atoms with Crippen LogP contribution in [0.1, 0.15) is 50.9 Å². The number of benzene rings is 1. The first-order valence-corrected chi connectivity index (χ1v) is 9.75. The van der Waals surface area contributed by atoms with E-state index >= 15 is 0 Å². The van der Waals surface area contributed by atoms with Gasteiger partial charge in [0.2, 0.25) is 0 Å². The maximum Gasteiger partial charge on any atom is 0.191 e. The highest BCUT2D eigenvalue weighted by Crippen LogP contribution is 2.11. The molecule has 2 rings (SSSR count). The van der Waals surface area contributed by atoms with E-state index in [1.807, 2.05) is 25.5 Å². The average molecular weight is 483 g/mol. The third kappa shape index (κ3) is 8.32. The first-order valence-electron chi connectivity index (χ1n) is 9.75. The highest BCUT2D eigenvalue weighted by molar-refractivity contribution is 14.0. The van der Waals surface area contributed by atoms with E-state index in [9.17, 15) is 0 Å². The number of aromatic nitrogens is 2. The van der Waals surface area contributed by atoms with Crippen LogP contribution in [-0.2, 0) is 13.1 Å². The Morgan fingerprint density at radius 1 is 1.19 bits per heavy atom. The lowest BCUT2D eigenvalue weighted by Gasteiger charge is -2.18. The molecule has 2 N–H and O–H groups in total. The summed E-state index contributed by atoms with van der Waals surface area (Å²) >= 11 is 0. The lowest BCUT2D eigenvalue weighted by Crippen LogP contribution is -2.39. The quantitative estimate of drug-likeness (QED) is 0.299. The SMILES string of the molecule is CCCCC(CC)CNC(=NC)NCc1nccn1Cc1ccccc1.I. The molecule has 5 nitrogen and oxygen atoms in total. The van der Waals surface area contributed by atoms with Gasteiger partial charge in [-0.2, -0.15) is 0 Å². The summed E-state index contributed by atoms with van der Waals surface area (Å²) in [4.78, 5) is 8.83. The molecular weight excluding hydrogens is 449 g/mol. The molecule has 0 aliphatic carbocycles. The predicted molar refractivity (Wildman–Crippen MR) is 125 cm³/mol. The Kier molecular flexibility index (Phi) is 11.8. The summed E-state index contributed by atoms with van der Waals surface area (Å²) in [6, 6.07) is 10.5. The van der Waals surface area contributed by atoms with Crippen molar-refractivity contribution >= 4 is 29.9 Å².